The molecule has 1 fully saturated rings. The predicted octanol–water partition coefficient (Wildman–Crippen LogP) is 3.80. The number of hydrogen-bond acceptors (Lipinski definition) is 2. The summed E-state index contributed by atoms with van der Waals surface area (Å²) in [5.41, 5.74) is 2.05. The molecule has 1 heterocycles. The first-order valence-corrected chi connectivity index (χ1v) is 7.91. The Morgan fingerprint density at radius 1 is 1.18 bits per heavy atom. The molecule has 2 aromatic rings. The van der Waals surface area contributed by atoms with Crippen molar-refractivity contribution < 1.29 is 4.79 Å². The minimum absolute atomic E-state index is 0.0442. The first kappa shape index (κ1) is 15.1. The van der Waals surface area contributed by atoms with Crippen molar-refractivity contribution >= 4 is 23.2 Å². The summed E-state index contributed by atoms with van der Waals surface area (Å²) in [6.45, 7) is 2.67. The SMILES string of the molecule is O=C(Nc1cccc(Cl)c1)C1CCN(Cc2ccccc2)C1. The molecule has 1 amide bonds. The Kier molecular flexibility index (Phi) is 4.76. The van der Waals surface area contributed by atoms with Gasteiger partial charge in [-0.05, 0) is 36.7 Å². The zero-order valence-corrected chi connectivity index (χ0v) is 13.1. The smallest absolute Gasteiger partial charge is 0.228 e. The molecule has 114 valence electrons. The molecule has 2 aromatic carbocycles. The second-order valence-electron chi connectivity index (χ2n) is 5.71. The van der Waals surface area contributed by atoms with E-state index >= 15 is 0 Å². The van der Waals surface area contributed by atoms with Crippen molar-refractivity contribution in [2.75, 3.05) is 18.4 Å². The predicted molar refractivity (Wildman–Crippen MR) is 89.9 cm³/mol. The van der Waals surface area contributed by atoms with E-state index in [-0.39, 0.29) is 11.8 Å². The molecule has 1 atom stereocenters. The molecule has 0 bridgehead atoms. The third kappa shape index (κ3) is 3.87. The fourth-order valence-corrected chi connectivity index (χ4v) is 3.03. The summed E-state index contributed by atoms with van der Waals surface area (Å²) in [6.07, 6.45) is 0.902. The molecule has 22 heavy (non-hydrogen) atoms. The van der Waals surface area contributed by atoms with Gasteiger partial charge in [-0.25, -0.2) is 0 Å². The van der Waals surface area contributed by atoms with Crippen LogP contribution in [0.4, 0.5) is 5.69 Å². The van der Waals surface area contributed by atoms with Crippen LogP contribution in [0.5, 0.6) is 0 Å². The molecule has 1 aliphatic rings. The van der Waals surface area contributed by atoms with Gasteiger partial charge in [0.1, 0.15) is 0 Å². The molecule has 1 saturated heterocycles. The fraction of sp³-hybridized carbons (Fsp3) is 0.278. The van der Waals surface area contributed by atoms with Crippen molar-refractivity contribution in [2.24, 2.45) is 5.92 Å². The summed E-state index contributed by atoms with van der Waals surface area (Å²) in [7, 11) is 0. The number of amides is 1. The Morgan fingerprint density at radius 2 is 2.00 bits per heavy atom. The number of anilines is 1. The van der Waals surface area contributed by atoms with Gasteiger partial charge >= 0.3 is 0 Å². The minimum atomic E-state index is 0.0442. The van der Waals surface area contributed by atoms with Crippen molar-refractivity contribution in [1.82, 2.24) is 4.90 Å². The molecular weight excluding hydrogens is 296 g/mol. The van der Waals surface area contributed by atoms with Gasteiger partial charge < -0.3 is 5.32 Å². The largest absolute Gasteiger partial charge is 0.326 e. The van der Waals surface area contributed by atoms with Crippen LogP contribution in [0.15, 0.2) is 54.6 Å². The Hall–Kier alpha value is -1.84. The Labute approximate surface area is 135 Å². The monoisotopic (exact) mass is 314 g/mol. The summed E-state index contributed by atoms with van der Waals surface area (Å²) >= 11 is 5.94. The van der Waals surface area contributed by atoms with Crippen LogP contribution in [0, 0.1) is 5.92 Å². The van der Waals surface area contributed by atoms with Crippen LogP contribution in [-0.2, 0) is 11.3 Å². The average molecular weight is 315 g/mol. The molecule has 3 rings (SSSR count). The lowest BCUT2D eigenvalue weighted by atomic mass is 10.1. The van der Waals surface area contributed by atoms with E-state index in [9.17, 15) is 4.79 Å². The third-order valence-electron chi connectivity index (χ3n) is 3.98. The highest BCUT2D eigenvalue weighted by atomic mass is 35.5. The summed E-state index contributed by atoms with van der Waals surface area (Å²) in [5.74, 6) is 0.125. The number of halogens is 1. The van der Waals surface area contributed by atoms with Gasteiger partial charge in [-0.15, -0.1) is 0 Å². The molecule has 0 saturated carbocycles. The number of rotatable bonds is 4. The highest BCUT2D eigenvalue weighted by Crippen LogP contribution is 2.21. The van der Waals surface area contributed by atoms with Crippen LogP contribution < -0.4 is 5.32 Å². The lowest BCUT2D eigenvalue weighted by molar-refractivity contribution is -0.119. The van der Waals surface area contributed by atoms with Crippen molar-refractivity contribution in [3.63, 3.8) is 0 Å². The van der Waals surface area contributed by atoms with Gasteiger partial charge in [0, 0.05) is 23.8 Å². The maximum atomic E-state index is 12.3. The summed E-state index contributed by atoms with van der Waals surface area (Å²) in [4.78, 5) is 14.7. The van der Waals surface area contributed by atoms with E-state index in [0.29, 0.717) is 5.02 Å². The highest BCUT2D eigenvalue weighted by Gasteiger charge is 2.28. The van der Waals surface area contributed by atoms with Crippen molar-refractivity contribution in [3.05, 3.63) is 65.2 Å². The zero-order valence-electron chi connectivity index (χ0n) is 12.3. The molecule has 3 nitrogen and oxygen atoms in total. The van der Waals surface area contributed by atoms with Crippen LogP contribution in [0.25, 0.3) is 0 Å². The first-order valence-electron chi connectivity index (χ1n) is 7.53. The Bertz CT molecular complexity index is 645. The number of likely N-dealkylation sites (tertiary alicyclic amines) is 1. The molecular formula is C18H19ClN2O. The number of carbonyl (C=O) groups is 1. The van der Waals surface area contributed by atoms with Crippen molar-refractivity contribution in [1.29, 1.82) is 0 Å². The van der Waals surface area contributed by atoms with E-state index in [1.54, 1.807) is 12.1 Å². The molecule has 1 aliphatic heterocycles. The minimum Gasteiger partial charge on any atom is -0.326 e. The zero-order chi connectivity index (χ0) is 15.4. The lowest BCUT2D eigenvalue weighted by Crippen LogP contribution is -2.26. The van der Waals surface area contributed by atoms with Gasteiger partial charge in [-0.3, -0.25) is 9.69 Å². The topological polar surface area (TPSA) is 32.3 Å². The Balaban J connectivity index is 1.55. The van der Waals surface area contributed by atoms with Gasteiger partial charge in [-0.2, -0.15) is 0 Å². The van der Waals surface area contributed by atoms with E-state index in [1.807, 2.05) is 18.2 Å². The van der Waals surface area contributed by atoms with Gasteiger partial charge in [0.25, 0.3) is 0 Å². The molecule has 0 radical (unpaired) electrons. The second kappa shape index (κ2) is 6.95. The van der Waals surface area contributed by atoms with Gasteiger partial charge in [0.05, 0.1) is 5.92 Å². The number of nitrogens with zero attached hydrogens (tertiary/aromatic N) is 1. The number of carbonyl (C=O) groups excluding carboxylic acids is 1. The summed E-state index contributed by atoms with van der Waals surface area (Å²) in [5, 5.41) is 3.59. The highest BCUT2D eigenvalue weighted by molar-refractivity contribution is 6.30. The maximum absolute atomic E-state index is 12.3. The van der Waals surface area contributed by atoms with E-state index in [2.05, 4.69) is 34.5 Å². The number of nitrogens with one attached hydrogen (secondary N) is 1. The summed E-state index contributed by atoms with van der Waals surface area (Å²) in [6, 6.07) is 17.6. The maximum Gasteiger partial charge on any atom is 0.228 e. The normalized spacial score (nSPS) is 18.3. The van der Waals surface area contributed by atoms with E-state index in [4.69, 9.17) is 11.6 Å². The van der Waals surface area contributed by atoms with E-state index in [1.165, 1.54) is 5.56 Å². The number of hydrogen-bond donors (Lipinski definition) is 1. The first-order chi connectivity index (χ1) is 10.7. The van der Waals surface area contributed by atoms with Crippen LogP contribution >= 0.6 is 11.6 Å². The van der Waals surface area contributed by atoms with Crippen LogP contribution in [-0.4, -0.2) is 23.9 Å². The second-order valence-corrected chi connectivity index (χ2v) is 6.14. The van der Waals surface area contributed by atoms with Gasteiger partial charge in [-0.1, -0.05) is 48.0 Å². The fourth-order valence-electron chi connectivity index (χ4n) is 2.84. The molecule has 1 unspecified atom stereocenters. The van der Waals surface area contributed by atoms with Crippen LogP contribution in [0.2, 0.25) is 5.02 Å². The molecule has 4 heteroatoms. The molecule has 0 aliphatic carbocycles. The van der Waals surface area contributed by atoms with Crippen molar-refractivity contribution in [2.45, 2.75) is 13.0 Å². The average Bonchev–Trinajstić information content (AvgIpc) is 2.97. The lowest BCUT2D eigenvalue weighted by Gasteiger charge is -2.16. The van der Waals surface area contributed by atoms with Crippen molar-refractivity contribution in [3.8, 4) is 0 Å². The van der Waals surface area contributed by atoms with E-state index in [0.717, 1.165) is 31.7 Å². The Morgan fingerprint density at radius 3 is 2.77 bits per heavy atom. The molecule has 1 N–H and O–H groups in total. The standard InChI is InChI=1S/C18H19ClN2O/c19-16-7-4-8-17(11-16)20-18(22)15-9-10-21(13-15)12-14-5-2-1-3-6-14/h1-8,11,15H,9-10,12-13H2,(H,20,22). The quantitative estimate of drug-likeness (QED) is 0.931. The third-order valence-corrected chi connectivity index (χ3v) is 4.22. The summed E-state index contributed by atoms with van der Waals surface area (Å²) < 4.78 is 0. The van der Waals surface area contributed by atoms with Gasteiger partial charge in [0.2, 0.25) is 5.91 Å². The van der Waals surface area contributed by atoms with Crippen LogP contribution in [0.3, 0.4) is 0 Å². The van der Waals surface area contributed by atoms with Crippen LogP contribution in [0.1, 0.15) is 12.0 Å². The number of benzene rings is 2. The molecule has 0 spiro atoms. The van der Waals surface area contributed by atoms with E-state index < -0.39 is 0 Å². The van der Waals surface area contributed by atoms with Gasteiger partial charge in [0.15, 0.2) is 0 Å². The molecule has 0 aromatic heterocycles.